The summed E-state index contributed by atoms with van der Waals surface area (Å²) in [5.41, 5.74) is 0. The van der Waals surface area contributed by atoms with E-state index in [1.807, 2.05) is 27.7 Å². The van der Waals surface area contributed by atoms with Gasteiger partial charge in [0, 0.05) is 18.6 Å². The van der Waals surface area contributed by atoms with Crippen molar-refractivity contribution in [2.75, 3.05) is 19.8 Å². The Kier molecular flexibility index (Phi) is 6.98. The molecule has 3 fully saturated rings. The summed E-state index contributed by atoms with van der Waals surface area (Å²) < 4.78 is 36.0. The maximum atomic E-state index is 10.6. The van der Waals surface area contributed by atoms with Crippen LogP contribution in [-0.4, -0.2) is 90.2 Å². The number of aliphatic hydroxyl groups excluding tert-OH is 1. The molecule has 0 aromatic heterocycles. The predicted octanol–water partition coefficient (Wildman–Crippen LogP) is 1.88. The zero-order valence-corrected chi connectivity index (χ0v) is 19.1. The molecule has 6 atom stereocenters. The molecular formula is C21H39NO7. The number of nitrogens with zero attached hydrogens (tertiary/aromatic N) is 1. The van der Waals surface area contributed by atoms with E-state index >= 15 is 0 Å². The lowest BCUT2D eigenvalue weighted by atomic mass is 10.1. The lowest BCUT2D eigenvalue weighted by Crippen LogP contribution is -2.47. The normalized spacial score (nSPS) is 37.0. The molecule has 0 radical (unpaired) electrons. The van der Waals surface area contributed by atoms with Crippen LogP contribution >= 0.6 is 0 Å². The van der Waals surface area contributed by atoms with Crippen LogP contribution in [0.3, 0.4) is 0 Å². The second-order valence-corrected chi connectivity index (χ2v) is 9.77. The molecule has 0 bridgehead atoms. The van der Waals surface area contributed by atoms with Crippen molar-refractivity contribution in [3.8, 4) is 0 Å². The van der Waals surface area contributed by atoms with Crippen LogP contribution in [0.2, 0.25) is 0 Å². The van der Waals surface area contributed by atoms with Crippen LogP contribution in [0.5, 0.6) is 0 Å². The first kappa shape index (κ1) is 23.3. The molecule has 3 aliphatic heterocycles. The van der Waals surface area contributed by atoms with Crippen LogP contribution in [0.15, 0.2) is 0 Å². The quantitative estimate of drug-likeness (QED) is 0.641. The standard InChI is InChI=1S/C21H39NO7/c1-12(2)22(13(3)4)9-14(23)10-24-17-16(15-11-25-20(5,6)27-15)26-19-18(17)28-21(7,8)29-19/h12-19,23H,9-11H2,1-8H3/t14?,15-,16-,17+,18-,19-/m1/s1. The Hall–Kier alpha value is -0.320. The molecule has 8 heteroatoms. The van der Waals surface area contributed by atoms with Crippen molar-refractivity contribution in [3.05, 3.63) is 0 Å². The van der Waals surface area contributed by atoms with Gasteiger partial charge in [-0.2, -0.15) is 0 Å². The van der Waals surface area contributed by atoms with Gasteiger partial charge in [0.2, 0.25) is 0 Å². The van der Waals surface area contributed by atoms with Gasteiger partial charge in [-0.1, -0.05) is 0 Å². The van der Waals surface area contributed by atoms with Crippen LogP contribution in [0.4, 0.5) is 0 Å². The van der Waals surface area contributed by atoms with E-state index < -0.39 is 30.1 Å². The smallest absolute Gasteiger partial charge is 0.190 e. The highest BCUT2D eigenvalue weighted by molar-refractivity contribution is 4.99. The van der Waals surface area contributed by atoms with E-state index in [9.17, 15) is 5.11 Å². The Balaban J connectivity index is 1.64. The highest BCUT2D eigenvalue weighted by atomic mass is 16.8. The van der Waals surface area contributed by atoms with Crippen molar-refractivity contribution in [1.82, 2.24) is 4.90 Å². The van der Waals surface area contributed by atoms with E-state index in [1.54, 1.807) is 0 Å². The molecule has 3 saturated heterocycles. The molecule has 0 aromatic carbocycles. The number of rotatable bonds is 8. The van der Waals surface area contributed by atoms with Crippen molar-refractivity contribution in [1.29, 1.82) is 0 Å². The maximum absolute atomic E-state index is 10.6. The SMILES string of the molecule is CC(C)N(CC(O)CO[C@@H]1[C@H]2OC(C)(C)O[C@H]2O[C@@H]1[C@H]1COC(C)(C)O1)C(C)C. The highest BCUT2D eigenvalue weighted by Gasteiger charge is 2.59. The fourth-order valence-electron chi connectivity index (χ4n) is 4.41. The average Bonchev–Trinajstić information content (AvgIpc) is 3.19. The van der Waals surface area contributed by atoms with Gasteiger partial charge in [0.1, 0.15) is 24.4 Å². The molecule has 3 rings (SSSR count). The average molecular weight is 418 g/mol. The van der Waals surface area contributed by atoms with Gasteiger partial charge in [-0.3, -0.25) is 4.90 Å². The minimum Gasteiger partial charge on any atom is -0.389 e. The van der Waals surface area contributed by atoms with Crippen LogP contribution in [0.25, 0.3) is 0 Å². The van der Waals surface area contributed by atoms with Crippen LogP contribution in [0.1, 0.15) is 55.4 Å². The topological polar surface area (TPSA) is 78.9 Å². The summed E-state index contributed by atoms with van der Waals surface area (Å²) in [5, 5.41) is 10.6. The second-order valence-electron chi connectivity index (χ2n) is 9.77. The number of aliphatic hydroxyl groups is 1. The van der Waals surface area contributed by atoms with E-state index in [0.29, 0.717) is 25.2 Å². The van der Waals surface area contributed by atoms with Crippen molar-refractivity contribution in [2.24, 2.45) is 0 Å². The Morgan fingerprint density at radius 3 is 2.17 bits per heavy atom. The largest absolute Gasteiger partial charge is 0.389 e. The first-order valence-electron chi connectivity index (χ1n) is 10.8. The van der Waals surface area contributed by atoms with E-state index in [-0.39, 0.29) is 24.9 Å². The van der Waals surface area contributed by atoms with E-state index in [2.05, 4.69) is 32.6 Å². The fourth-order valence-corrected chi connectivity index (χ4v) is 4.41. The number of ether oxygens (including phenoxy) is 6. The Bertz CT molecular complexity index is 545. The maximum Gasteiger partial charge on any atom is 0.190 e. The molecule has 1 unspecified atom stereocenters. The van der Waals surface area contributed by atoms with Gasteiger partial charge in [-0.05, 0) is 55.4 Å². The molecular weight excluding hydrogens is 378 g/mol. The third-order valence-electron chi connectivity index (χ3n) is 5.65. The molecule has 8 nitrogen and oxygen atoms in total. The number of hydrogen-bond acceptors (Lipinski definition) is 8. The van der Waals surface area contributed by atoms with Crippen molar-refractivity contribution >= 4 is 0 Å². The Labute approximate surface area is 174 Å². The van der Waals surface area contributed by atoms with Crippen LogP contribution in [-0.2, 0) is 28.4 Å². The first-order valence-corrected chi connectivity index (χ1v) is 10.8. The van der Waals surface area contributed by atoms with Gasteiger partial charge in [0.25, 0.3) is 0 Å². The van der Waals surface area contributed by atoms with Gasteiger partial charge in [0.05, 0.1) is 19.3 Å². The van der Waals surface area contributed by atoms with Crippen LogP contribution < -0.4 is 0 Å². The molecule has 29 heavy (non-hydrogen) atoms. The molecule has 1 N–H and O–H groups in total. The minimum atomic E-state index is -0.737. The van der Waals surface area contributed by atoms with Crippen molar-refractivity contribution in [2.45, 2.75) is 116 Å². The molecule has 3 heterocycles. The summed E-state index contributed by atoms with van der Waals surface area (Å²) in [6, 6.07) is 0.686. The van der Waals surface area contributed by atoms with Gasteiger partial charge in [-0.25, -0.2) is 0 Å². The van der Waals surface area contributed by atoms with E-state index in [4.69, 9.17) is 28.4 Å². The summed E-state index contributed by atoms with van der Waals surface area (Å²) in [6.07, 6.45) is -2.59. The molecule has 170 valence electrons. The Morgan fingerprint density at radius 2 is 1.62 bits per heavy atom. The number of hydrogen-bond donors (Lipinski definition) is 1. The third kappa shape index (κ3) is 5.49. The van der Waals surface area contributed by atoms with Crippen LogP contribution in [0, 0.1) is 0 Å². The zero-order chi connectivity index (χ0) is 21.6. The van der Waals surface area contributed by atoms with E-state index in [1.165, 1.54) is 0 Å². The molecule has 0 aliphatic carbocycles. The Morgan fingerprint density at radius 1 is 0.966 bits per heavy atom. The predicted molar refractivity (Wildman–Crippen MR) is 106 cm³/mol. The second kappa shape index (κ2) is 8.67. The van der Waals surface area contributed by atoms with Gasteiger partial charge >= 0.3 is 0 Å². The monoisotopic (exact) mass is 417 g/mol. The summed E-state index contributed by atoms with van der Waals surface area (Å²) in [5.74, 6) is -1.40. The molecule has 0 spiro atoms. The lowest BCUT2D eigenvalue weighted by Gasteiger charge is -2.33. The summed E-state index contributed by atoms with van der Waals surface area (Å²) in [6.45, 7) is 17.1. The molecule has 0 amide bonds. The number of fused-ring (bicyclic) bond motifs is 1. The minimum absolute atomic E-state index is 0.185. The van der Waals surface area contributed by atoms with Crippen molar-refractivity contribution in [3.63, 3.8) is 0 Å². The zero-order valence-electron chi connectivity index (χ0n) is 19.1. The molecule has 3 aliphatic rings. The van der Waals surface area contributed by atoms with Gasteiger partial charge < -0.3 is 33.5 Å². The highest BCUT2D eigenvalue weighted by Crippen LogP contribution is 2.41. The van der Waals surface area contributed by atoms with Crippen molar-refractivity contribution < 1.29 is 33.5 Å². The molecule has 0 saturated carbocycles. The molecule has 0 aromatic rings. The summed E-state index contributed by atoms with van der Waals surface area (Å²) >= 11 is 0. The lowest BCUT2D eigenvalue weighted by molar-refractivity contribution is -0.237. The third-order valence-corrected chi connectivity index (χ3v) is 5.65. The first-order chi connectivity index (χ1) is 13.4. The summed E-state index contributed by atoms with van der Waals surface area (Å²) in [4.78, 5) is 2.24. The van der Waals surface area contributed by atoms with Gasteiger partial charge in [0.15, 0.2) is 17.9 Å². The summed E-state index contributed by atoms with van der Waals surface area (Å²) in [7, 11) is 0. The van der Waals surface area contributed by atoms with Gasteiger partial charge in [-0.15, -0.1) is 0 Å². The fraction of sp³-hybridized carbons (Fsp3) is 1.00. The van der Waals surface area contributed by atoms with E-state index in [0.717, 1.165) is 0 Å².